The van der Waals surface area contributed by atoms with E-state index in [1.165, 1.54) is 26.2 Å². The van der Waals surface area contributed by atoms with Crippen molar-refractivity contribution >= 4 is 33.7 Å². The molecule has 1 rings (SSSR count). The van der Waals surface area contributed by atoms with Gasteiger partial charge in [0.25, 0.3) is 0 Å². The second kappa shape index (κ2) is 17.0. The summed E-state index contributed by atoms with van der Waals surface area (Å²) in [5.41, 5.74) is -0.256. The van der Waals surface area contributed by atoms with Crippen LogP contribution < -0.4 is 4.74 Å². The summed E-state index contributed by atoms with van der Waals surface area (Å²) in [6.45, 7) is 18.2. The number of halogens is 1. The van der Waals surface area contributed by atoms with Crippen LogP contribution in [0.15, 0.2) is 16.6 Å². The fourth-order valence-electron chi connectivity index (χ4n) is 1.74. The first-order valence-corrected chi connectivity index (χ1v) is 10.6. The van der Waals surface area contributed by atoms with Crippen LogP contribution in [0.2, 0.25) is 0 Å². The summed E-state index contributed by atoms with van der Waals surface area (Å²) < 4.78 is 15.6. The minimum Gasteiger partial charge on any atom is -0.480 e. The SMILES string of the molecule is CC.CC.CC.COC(=O)c1cc(Br)c(OCC(=O)OC(C)(C)C)c(C(C)=O)c1. The van der Waals surface area contributed by atoms with Crippen LogP contribution in [0, 0.1) is 0 Å². The number of hydrogen-bond donors (Lipinski definition) is 0. The van der Waals surface area contributed by atoms with Crippen LogP contribution in [0.1, 0.15) is 90.0 Å². The predicted octanol–water partition coefficient (Wildman–Crippen LogP) is 6.24. The molecule has 7 heteroatoms. The van der Waals surface area contributed by atoms with Crippen molar-refractivity contribution < 1.29 is 28.6 Å². The summed E-state index contributed by atoms with van der Waals surface area (Å²) in [5.74, 6) is -1.27. The first-order valence-electron chi connectivity index (χ1n) is 9.82. The van der Waals surface area contributed by atoms with Crippen molar-refractivity contribution in [3.05, 3.63) is 27.7 Å². The Morgan fingerprint density at radius 2 is 1.45 bits per heavy atom. The summed E-state index contributed by atoms with van der Waals surface area (Å²) in [4.78, 5) is 35.1. The van der Waals surface area contributed by atoms with Gasteiger partial charge in [0.15, 0.2) is 12.4 Å². The lowest BCUT2D eigenvalue weighted by atomic mass is 10.1. The third-order valence-corrected chi connectivity index (χ3v) is 3.19. The van der Waals surface area contributed by atoms with Gasteiger partial charge in [0.2, 0.25) is 0 Å². The zero-order chi connectivity index (χ0) is 23.8. The molecular formula is C22H37BrO6. The molecule has 0 aliphatic rings. The molecule has 0 aliphatic heterocycles. The van der Waals surface area contributed by atoms with Crippen LogP contribution in [0.4, 0.5) is 0 Å². The van der Waals surface area contributed by atoms with E-state index in [2.05, 4.69) is 20.7 Å². The molecule has 0 amide bonds. The van der Waals surface area contributed by atoms with E-state index < -0.39 is 17.5 Å². The second-order valence-corrected chi connectivity index (χ2v) is 6.61. The van der Waals surface area contributed by atoms with Crippen molar-refractivity contribution in [2.45, 2.75) is 74.8 Å². The van der Waals surface area contributed by atoms with Gasteiger partial charge in [-0.15, -0.1) is 0 Å². The molecule has 0 N–H and O–H groups in total. The van der Waals surface area contributed by atoms with Crippen LogP contribution in [0.3, 0.4) is 0 Å². The molecule has 6 nitrogen and oxygen atoms in total. The highest BCUT2D eigenvalue weighted by atomic mass is 79.9. The molecule has 168 valence electrons. The van der Waals surface area contributed by atoms with Gasteiger partial charge < -0.3 is 14.2 Å². The fourth-order valence-corrected chi connectivity index (χ4v) is 2.31. The van der Waals surface area contributed by atoms with Gasteiger partial charge >= 0.3 is 11.9 Å². The zero-order valence-corrected chi connectivity index (χ0v) is 21.3. The fraction of sp³-hybridized carbons (Fsp3) is 0.591. The third-order valence-electron chi connectivity index (χ3n) is 2.60. The predicted molar refractivity (Wildman–Crippen MR) is 121 cm³/mol. The Morgan fingerprint density at radius 1 is 0.966 bits per heavy atom. The minimum atomic E-state index is -0.629. The maximum atomic E-state index is 11.8. The number of esters is 2. The smallest absolute Gasteiger partial charge is 0.344 e. The number of methoxy groups -OCH3 is 1. The first kappa shape index (κ1) is 31.8. The summed E-state index contributed by atoms with van der Waals surface area (Å²) in [7, 11) is 1.25. The summed E-state index contributed by atoms with van der Waals surface area (Å²) in [5, 5.41) is 0. The lowest BCUT2D eigenvalue weighted by molar-refractivity contribution is -0.157. The lowest BCUT2D eigenvalue weighted by Gasteiger charge is -2.20. The van der Waals surface area contributed by atoms with Gasteiger partial charge in [-0.05, 0) is 55.8 Å². The Balaban J connectivity index is -0.00000103. The van der Waals surface area contributed by atoms with Crippen LogP contribution in [-0.2, 0) is 14.3 Å². The average molecular weight is 477 g/mol. The monoisotopic (exact) mass is 476 g/mol. The van der Waals surface area contributed by atoms with Crippen molar-refractivity contribution in [3.8, 4) is 5.75 Å². The Bertz CT molecular complexity index is 633. The normalized spacial score (nSPS) is 9.24. The standard InChI is InChI=1S/C16H19BrO6.3C2H6/c1-9(18)11-6-10(15(20)21-5)7-12(17)14(11)22-8-13(19)23-16(2,3)4;3*1-2/h6-7H,8H2,1-5H3;3*1-2H3. The van der Waals surface area contributed by atoms with Crippen molar-refractivity contribution in [2.24, 2.45) is 0 Å². The molecule has 0 spiro atoms. The average Bonchev–Trinajstić information content (AvgIpc) is 2.69. The van der Waals surface area contributed by atoms with Crippen molar-refractivity contribution in [1.29, 1.82) is 0 Å². The number of Topliss-reactive ketones (excluding diaryl/α,β-unsaturated/α-hetero) is 1. The Labute approximate surface area is 184 Å². The maximum Gasteiger partial charge on any atom is 0.344 e. The zero-order valence-electron chi connectivity index (χ0n) is 19.7. The molecule has 0 aromatic heterocycles. The van der Waals surface area contributed by atoms with Gasteiger partial charge in [-0.1, -0.05) is 41.5 Å². The molecule has 0 saturated carbocycles. The van der Waals surface area contributed by atoms with E-state index in [1.807, 2.05) is 41.5 Å². The summed E-state index contributed by atoms with van der Waals surface area (Å²) in [6.07, 6.45) is 0. The molecule has 0 heterocycles. The molecule has 0 saturated heterocycles. The minimum absolute atomic E-state index is 0.170. The first-order chi connectivity index (χ1) is 13.5. The largest absolute Gasteiger partial charge is 0.480 e. The number of carbonyl (C=O) groups is 3. The van der Waals surface area contributed by atoms with Crippen molar-refractivity contribution in [3.63, 3.8) is 0 Å². The molecule has 0 fully saturated rings. The Kier molecular flexibility index (Phi) is 18.6. The van der Waals surface area contributed by atoms with E-state index in [4.69, 9.17) is 9.47 Å². The molecule has 1 aromatic carbocycles. The molecule has 1 aromatic rings. The second-order valence-electron chi connectivity index (χ2n) is 5.76. The van der Waals surface area contributed by atoms with Gasteiger partial charge in [0.1, 0.15) is 11.4 Å². The number of ketones is 1. The quantitative estimate of drug-likeness (QED) is 0.369. The highest BCUT2D eigenvalue weighted by Crippen LogP contribution is 2.31. The molecule has 0 bridgehead atoms. The van der Waals surface area contributed by atoms with E-state index in [0.717, 1.165) is 0 Å². The number of ether oxygens (including phenoxy) is 3. The van der Waals surface area contributed by atoms with Crippen molar-refractivity contribution in [2.75, 3.05) is 13.7 Å². The lowest BCUT2D eigenvalue weighted by Crippen LogP contribution is -2.27. The van der Waals surface area contributed by atoms with Gasteiger partial charge in [-0.3, -0.25) is 4.79 Å². The van der Waals surface area contributed by atoms with Crippen LogP contribution in [0.5, 0.6) is 5.75 Å². The van der Waals surface area contributed by atoms with Gasteiger partial charge in [0.05, 0.1) is 22.7 Å². The molecule has 0 aliphatic carbocycles. The van der Waals surface area contributed by atoms with E-state index in [0.29, 0.717) is 4.47 Å². The van der Waals surface area contributed by atoms with E-state index >= 15 is 0 Å². The highest BCUT2D eigenvalue weighted by molar-refractivity contribution is 9.10. The van der Waals surface area contributed by atoms with Crippen LogP contribution in [-0.4, -0.2) is 37.0 Å². The molecule has 29 heavy (non-hydrogen) atoms. The molecule has 0 atom stereocenters. The molecular weight excluding hydrogens is 440 g/mol. The van der Waals surface area contributed by atoms with E-state index in [9.17, 15) is 14.4 Å². The summed E-state index contributed by atoms with van der Waals surface area (Å²) in [6, 6.07) is 2.83. The maximum absolute atomic E-state index is 11.8. The Morgan fingerprint density at radius 3 is 1.83 bits per heavy atom. The molecule has 0 unspecified atom stereocenters. The highest BCUT2D eigenvalue weighted by Gasteiger charge is 2.21. The molecule has 0 radical (unpaired) electrons. The van der Waals surface area contributed by atoms with Crippen LogP contribution >= 0.6 is 15.9 Å². The van der Waals surface area contributed by atoms with E-state index in [1.54, 1.807) is 20.8 Å². The third kappa shape index (κ3) is 13.0. The number of rotatable bonds is 5. The van der Waals surface area contributed by atoms with Gasteiger partial charge in [-0.2, -0.15) is 0 Å². The topological polar surface area (TPSA) is 78.9 Å². The number of hydrogen-bond acceptors (Lipinski definition) is 6. The van der Waals surface area contributed by atoms with Crippen molar-refractivity contribution in [1.82, 2.24) is 0 Å². The van der Waals surface area contributed by atoms with Crippen LogP contribution in [0.25, 0.3) is 0 Å². The Hall–Kier alpha value is -1.89. The number of benzene rings is 1. The van der Waals surface area contributed by atoms with E-state index in [-0.39, 0.29) is 29.3 Å². The number of carbonyl (C=O) groups excluding carboxylic acids is 3. The van der Waals surface area contributed by atoms with Gasteiger partial charge in [0, 0.05) is 0 Å². The van der Waals surface area contributed by atoms with Gasteiger partial charge in [-0.25, -0.2) is 9.59 Å². The summed E-state index contributed by atoms with van der Waals surface area (Å²) >= 11 is 3.24.